The molecule has 0 radical (unpaired) electrons. The Bertz CT molecular complexity index is 466. The molecule has 14 heavy (non-hydrogen) atoms. The molecule has 0 heterocycles. The summed E-state index contributed by atoms with van der Waals surface area (Å²) in [4.78, 5) is 0. The fraction of sp³-hybridized carbons (Fsp3) is 0.0909. The van der Waals surface area contributed by atoms with Crippen LogP contribution in [-0.4, -0.2) is 0 Å². The van der Waals surface area contributed by atoms with Gasteiger partial charge >= 0.3 is 0 Å². The van der Waals surface area contributed by atoms with Crippen LogP contribution in [0.4, 0.5) is 8.78 Å². The maximum absolute atomic E-state index is 12.4. The summed E-state index contributed by atoms with van der Waals surface area (Å²) in [5.41, 5.74) is 0.0693. The summed E-state index contributed by atoms with van der Waals surface area (Å²) in [6, 6.07) is 10.3. The van der Waals surface area contributed by atoms with E-state index in [-0.39, 0.29) is 5.56 Å². The number of halogens is 3. The first kappa shape index (κ1) is 9.59. The highest BCUT2D eigenvalue weighted by Crippen LogP contribution is 2.25. The molecule has 2 aromatic carbocycles. The first-order chi connectivity index (χ1) is 6.66. The van der Waals surface area contributed by atoms with E-state index in [1.165, 1.54) is 12.1 Å². The quantitative estimate of drug-likeness (QED) is 0.703. The van der Waals surface area contributed by atoms with Crippen molar-refractivity contribution in [2.45, 2.75) is 6.43 Å². The highest BCUT2D eigenvalue weighted by atomic mass is 79.9. The summed E-state index contributed by atoms with van der Waals surface area (Å²) >= 11 is 3.33. The van der Waals surface area contributed by atoms with Crippen molar-refractivity contribution < 1.29 is 8.78 Å². The molecular formula is C11H7BrF2. The topological polar surface area (TPSA) is 0 Å². The SMILES string of the molecule is FC(F)c1ccc2cc(Br)ccc2c1. The van der Waals surface area contributed by atoms with Gasteiger partial charge in [-0.1, -0.05) is 34.1 Å². The minimum atomic E-state index is -2.40. The molecular weight excluding hydrogens is 250 g/mol. The Balaban J connectivity index is 2.62. The molecule has 0 atom stereocenters. The lowest BCUT2D eigenvalue weighted by Crippen LogP contribution is -1.83. The maximum Gasteiger partial charge on any atom is 0.263 e. The van der Waals surface area contributed by atoms with Gasteiger partial charge in [0.05, 0.1) is 0 Å². The van der Waals surface area contributed by atoms with Crippen molar-refractivity contribution in [3.63, 3.8) is 0 Å². The highest BCUT2D eigenvalue weighted by Gasteiger charge is 2.06. The molecule has 0 saturated heterocycles. The van der Waals surface area contributed by atoms with E-state index in [9.17, 15) is 8.78 Å². The van der Waals surface area contributed by atoms with E-state index in [1.54, 1.807) is 6.07 Å². The summed E-state index contributed by atoms with van der Waals surface area (Å²) < 4.78 is 25.7. The standard InChI is InChI=1S/C11H7BrF2/c12-10-4-3-7-5-9(11(13)14)2-1-8(7)6-10/h1-6,11H. The molecule has 0 saturated carbocycles. The first-order valence-corrected chi connectivity index (χ1v) is 4.93. The number of rotatable bonds is 1. The summed E-state index contributed by atoms with van der Waals surface area (Å²) in [6.45, 7) is 0. The van der Waals surface area contributed by atoms with Gasteiger partial charge in [-0.15, -0.1) is 0 Å². The van der Waals surface area contributed by atoms with E-state index in [0.29, 0.717) is 0 Å². The van der Waals surface area contributed by atoms with Crippen LogP contribution in [0.25, 0.3) is 10.8 Å². The molecule has 0 bridgehead atoms. The number of hydrogen-bond acceptors (Lipinski definition) is 0. The Morgan fingerprint density at radius 1 is 0.929 bits per heavy atom. The molecule has 0 amide bonds. The zero-order valence-electron chi connectivity index (χ0n) is 7.18. The van der Waals surface area contributed by atoms with Gasteiger partial charge in [0.2, 0.25) is 0 Å². The number of benzene rings is 2. The average molecular weight is 257 g/mol. The third-order valence-electron chi connectivity index (χ3n) is 2.08. The zero-order chi connectivity index (χ0) is 10.1. The van der Waals surface area contributed by atoms with Gasteiger partial charge < -0.3 is 0 Å². The molecule has 2 aromatic rings. The van der Waals surface area contributed by atoms with Crippen LogP contribution >= 0.6 is 15.9 Å². The van der Waals surface area contributed by atoms with E-state index in [1.807, 2.05) is 18.2 Å². The van der Waals surface area contributed by atoms with Crippen LogP contribution < -0.4 is 0 Å². The van der Waals surface area contributed by atoms with Gasteiger partial charge in [0.1, 0.15) is 0 Å². The molecule has 0 aliphatic heterocycles. The van der Waals surface area contributed by atoms with E-state index in [2.05, 4.69) is 15.9 Å². The third-order valence-corrected chi connectivity index (χ3v) is 2.57. The average Bonchev–Trinajstić information content (AvgIpc) is 2.16. The monoisotopic (exact) mass is 256 g/mol. The second-order valence-electron chi connectivity index (χ2n) is 3.05. The third kappa shape index (κ3) is 1.77. The largest absolute Gasteiger partial charge is 0.263 e. The van der Waals surface area contributed by atoms with Gasteiger partial charge in [0, 0.05) is 10.0 Å². The van der Waals surface area contributed by atoms with Crippen molar-refractivity contribution in [3.05, 3.63) is 46.4 Å². The summed E-state index contributed by atoms with van der Waals surface area (Å²) in [5, 5.41) is 1.80. The Hall–Kier alpha value is -0.960. The Labute approximate surface area is 88.7 Å². The molecule has 72 valence electrons. The minimum Gasteiger partial charge on any atom is -0.205 e. The Kier molecular flexibility index (Phi) is 2.50. The van der Waals surface area contributed by atoms with E-state index in [4.69, 9.17) is 0 Å². The van der Waals surface area contributed by atoms with E-state index in [0.717, 1.165) is 15.2 Å². The van der Waals surface area contributed by atoms with Crippen molar-refractivity contribution in [1.82, 2.24) is 0 Å². The predicted molar refractivity (Wildman–Crippen MR) is 56.6 cm³/mol. The van der Waals surface area contributed by atoms with Crippen molar-refractivity contribution >= 4 is 26.7 Å². The molecule has 3 heteroatoms. The molecule has 0 spiro atoms. The minimum absolute atomic E-state index is 0.0693. The molecule has 0 unspecified atom stereocenters. The fourth-order valence-electron chi connectivity index (χ4n) is 1.37. The second-order valence-corrected chi connectivity index (χ2v) is 3.97. The van der Waals surface area contributed by atoms with Gasteiger partial charge in [0.15, 0.2) is 0 Å². The number of alkyl halides is 2. The smallest absolute Gasteiger partial charge is 0.205 e. The first-order valence-electron chi connectivity index (χ1n) is 4.14. The lowest BCUT2D eigenvalue weighted by Gasteiger charge is -2.02. The maximum atomic E-state index is 12.4. The Morgan fingerprint density at radius 2 is 1.57 bits per heavy atom. The van der Waals surface area contributed by atoms with Crippen molar-refractivity contribution in [3.8, 4) is 0 Å². The van der Waals surface area contributed by atoms with Gasteiger partial charge in [-0.2, -0.15) is 0 Å². The number of hydrogen-bond donors (Lipinski definition) is 0. The lowest BCUT2D eigenvalue weighted by molar-refractivity contribution is 0.151. The summed E-state index contributed by atoms with van der Waals surface area (Å²) in [5.74, 6) is 0. The van der Waals surface area contributed by atoms with Crippen LogP contribution in [0, 0.1) is 0 Å². The summed E-state index contributed by atoms with van der Waals surface area (Å²) in [7, 11) is 0. The molecule has 0 aliphatic carbocycles. The molecule has 0 N–H and O–H groups in total. The van der Waals surface area contributed by atoms with Crippen LogP contribution in [0.1, 0.15) is 12.0 Å². The van der Waals surface area contributed by atoms with Gasteiger partial charge in [-0.3, -0.25) is 0 Å². The Morgan fingerprint density at radius 3 is 2.29 bits per heavy atom. The predicted octanol–water partition coefficient (Wildman–Crippen LogP) is 4.54. The molecule has 0 aliphatic rings. The second kappa shape index (κ2) is 3.65. The molecule has 2 rings (SSSR count). The van der Waals surface area contributed by atoms with Crippen LogP contribution in [-0.2, 0) is 0 Å². The van der Waals surface area contributed by atoms with Gasteiger partial charge in [-0.25, -0.2) is 8.78 Å². The summed E-state index contributed by atoms with van der Waals surface area (Å²) in [6.07, 6.45) is -2.40. The van der Waals surface area contributed by atoms with Gasteiger partial charge in [0.25, 0.3) is 6.43 Å². The van der Waals surface area contributed by atoms with Crippen LogP contribution in [0.5, 0.6) is 0 Å². The van der Waals surface area contributed by atoms with Crippen molar-refractivity contribution in [1.29, 1.82) is 0 Å². The van der Waals surface area contributed by atoms with Crippen LogP contribution in [0.15, 0.2) is 40.9 Å². The molecule has 0 nitrogen and oxygen atoms in total. The van der Waals surface area contributed by atoms with Crippen molar-refractivity contribution in [2.24, 2.45) is 0 Å². The highest BCUT2D eigenvalue weighted by molar-refractivity contribution is 9.10. The molecule has 0 aromatic heterocycles. The lowest BCUT2D eigenvalue weighted by atomic mass is 10.1. The molecule has 0 fully saturated rings. The van der Waals surface area contributed by atoms with E-state index < -0.39 is 6.43 Å². The normalized spacial score (nSPS) is 11.1. The fourth-order valence-corrected chi connectivity index (χ4v) is 1.75. The van der Waals surface area contributed by atoms with Crippen molar-refractivity contribution in [2.75, 3.05) is 0 Å². The van der Waals surface area contributed by atoms with Crippen LogP contribution in [0.3, 0.4) is 0 Å². The number of fused-ring (bicyclic) bond motifs is 1. The van der Waals surface area contributed by atoms with Gasteiger partial charge in [-0.05, 0) is 29.0 Å². The van der Waals surface area contributed by atoms with Crippen LogP contribution in [0.2, 0.25) is 0 Å². The van der Waals surface area contributed by atoms with E-state index >= 15 is 0 Å². The zero-order valence-corrected chi connectivity index (χ0v) is 8.76.